The van der Waals surface area contributed by atoms with Crippen LogP contribution in [-0.2, 0) is 11.2 Å². The van der Waals surface area contributed by atoms with Gasteiger partial charge in [-0.15, -0.1) is 0 Å². The van der Waals surface area contributed by atoms with Gasteiger partial charge in [0.15, 0.2) is 0 Å². The molecule has 1 aromatic carbocycles. The molecular weight excluding hydrogens is 306 g/mol. The number of fused-ring (bicyclic) bond motifs is 1. The molecule has 0 aliphatic heterocycles. The molecule has 0 saturated heterocycles. The van der Waals surface area contributed by atoms with Crippen LogP contribution in [-0.4, -0.2) is 39.9 Å². The third-order valence-electron chi connectivity index (χ3n) is 3.51. The minimum Gasteiger partial charge on any atom is -0.358 e. The molecule has 3 rings (SSSR count). The van der Waals surface area contributed by atoms with E-state index in [9.17, 15) is 9.59 Å². The summed E-state index contributed by atoms with van der Waals surface area (Å²) in [6.45, 7) is 0.398. The van der Waals surface area contributed by atoms with Crippen molar-refractivity contribution in [2.75, 3.05) is 13.1 Å². The topological polar surface area (TPSA) is 99.8 Å². The van der Waals surface area contributed by atoms with Crippen LogP contribution in [0.4, 0.5) is 0 Å². The molecule has 0 aliphatic carbocycles. The molecule has 3 N–H and O–H groups in total. The molecule has 2 amide bonds. The minimum atomic E-state index is -0.422. The second kappa shape index (κ2) is 7.36. The van der Waals surface area contributed by atoms with Crippen LogP contribution in [0.5, 0.6) is 0 Å². The number of aromatic nitrogens is 3. The van der Waals surface area contributed by atoms with Gasteiger partial charge in [0, 0.05) is 36.6 Å². The second-order valence-electron chi connectivity index (χ2n) is 5.26. The van der Waals surface area contributed by atoms with E-state index in [-0.39, 0.29) is 18.1 Å². The molecule has 0 aliphatic rings. The van der Waals surface area contributed by atoms with Gasteiger partial charge in [0.25, 0.3) is 5.91 Å². The number of H-pyrrole nitrogens is 1. The number of nitrogens with zero attached hydrogens (tertiary/aromatic N) is 2. The average molecular weight is 323 g/mol. The summed E-state index contributed by atoms with van der Waals surface area (Å²) in [6.07, 6.45) is 4.95. The van der Waals surface area contributed by atoms with E-state index in [1.54, 1.807) is 0 Å². The van der Waals surface area contributed by atoms with Gasteiger partial charge in [-0.2, -0.15) is 0 Å². The standard InChI is InChI=1S/C17H17N5O2/c23-16(11-21-17(24)15-10-18-7-8-19-15)20-6-5-13-9-12-3-1-2-4-14(12)22-13/h1-4,7-10,22H,5-6,11H2,(H,20,23)(H,21,24). The number of carbonyl (C=O) groups excluding carboxylic acids is 2. The largest absolute Gasteiger partial charge is 0.358 e. The maximum absolute atomic E-state index is 11.8. The van der Waals surface area contributed by atoms with Crippen LogP contribution >= 0.6 is 0 Å². The summed E-state index contributed by atoms with van der Waals surface area (Å²) in [5, 5.41) is 6.43. The summed E-state index contributed by atoms with van der Waals surface area (Å²) in [7, 11) is 0. The van der Waals surface area contributed by atoms with E-state index < -0.39 is 5.91 Å². The first-order valence-corrected chi connectivity index (χ1v) is 7.60. The number of aromatic amines is 1. The van der Waals surface area contributed by atoms with Crippen molar-refractivity contribution in [3.05, 3.63) is 60.3 Å². The van der Waals surface area contributed by atoms with Crippen molar-refractivity contribution in [3.63, 3.8) is 0 Å². The van der Waals surface area contributed by atoms with Gasteiger partial charge in [-0.05, 0) is 17.5 Å². The lowest BCUT2D eigenvalue weighted by Crippen LogP contribution is -2.38. The molecule has 7 nitrogen and oxygen atoms in total. The van der Waals surface area contributed by atoms with Gasteiger partial charge in [0.1, 0.15) is 5.69 Å². The molecule has 0 bridgehead atoms. The number of para-hydroxylation sites is 1. The van der Waals surface area contributed by atoms with Crippen LogP contribution < -0.4 is 10.6 Å². The fraction of sp³-hybridized carbons (Fsp3) is 0.176. The first-order chi connectivity index (χ1) is 11.7. The Morgan fingerprint density at radius 2 is 2.00 bits per heavy atom. The molecular formula is C17H17N5O2. The number of hydrogen-bond donors (Lipinski definition) is 3. The zero-order chi connectivity index (χ0) is 16.8. The van der Waals surface area contributed by atoms with Crippen LogP contribution in [0.3, 0.4) is 0 Å². The third kappa shape index (κ3) is 3.95. The number of benzene rings is 1. The van der Waals surface area contributed by atoms with Gasteiger partial charge in [0.2, 0.25) is 5.91 Å². The Balaban J connectivity index is 1.42. The molecule has 0 unspecified atom stereocenters. The lowest BCUT2D eigenvalue weighted by molar-refractivity contribution is -0.120. The van der Waals surface area contributed by atoms with Crippen molar-refractivity contribution in [1.82, 2.24) is 25.6 Å². The van der Waals surface area contributed by atoms with Crippen molar-refractivity contribution in [1.29, 1.82) is 0 Å². The fourth-order valence-electron chi connectivity index (χ4n) is 2.33. The zero-order valence-electron chi connectivity index (χ0n) is 13.0. The van der Waals surface area contributed by atoms with Gasteiger partial charge < -0.3 is 15.6 Å². The highest BCUT2D eigenvalue weighted by Gasteiger charge is 2.09. The molecule has 3 aromatic rings. The predicted octanol–water partition coefficient (Wildman–Crippen LogP) is 1.05. The van der Waals surface area contributed by atoms with Crippen molar-refractivity contribution in [3.8, 4) is 0 Å². The Labute approximate surface area is 138 Å². The third-order valence-corrected chi connectivity index (χ3v) is 3.51. The van der Waals surface area contributed by atoms with E-state index in [2.05, 4.69) is 31.7 Å². The Bertz CT molecular complexity index is 811. The molecule has 2 aromatic heterocycles. The number of amides is 2. The van der Waals surface area contributed by atoms with Gasteiger partial charge >= 0.3 is 0 Å². The average Bonchev–Trinajstić information content (AvgIpc) is 3.03. The first kappa shape index (κ1) is 15.7. The van der Waals surface area contributed by atoms with E-state index >= 15 is 0 Å². The SMILES string of the molecule is O=C(CNC(=O)c1cnccn1)NCCc1cc2ccccc2[nH]1. The normalized spacial score (nSPS) is 10.5. The summed E-state index contributed by atoms with van der Waals surface area (Å²) in [5.41, 5.74) is 2.32. The van der Waals surface area contributed by atoms with E-state index in [1.165, 1.54) is 18.6 Å². The van der Waals surface area contributed by atoms with Crippen LogP contribution in [0.15, 0.2) is 48.9 Å². The Morgan fingerprint density at radius 1 is 1.12 bits per heavy atom. The lowest BCUT2D eigenvalue weighted by Gasteiger charge is -2.06. The monoisotopic (exact) mass is 323 g/mol. The highest BCUT2D eigenvalue weighted by molar-refractivity contribution is 5.94. The number of hydrogen-bond acceptors (Lipinski definition) is 4. The van der Waals surface area contributed by atoms with Crippen LogP contribution in [0, 0.1) is 0 Å². The van der Waals surface area contributed by atoms with E-state index in [1.807, 2.05) is 24.3 Å². The molecule has 7 heteroatoms. The quantitative estimate of drug-likeness (QED) is 0.631. The van der Waals surface area contributed by atoms with Crippen LogP contribution in [0.1, 0.15) is 16.2 Å². The highest BCUT2D eigenvalue weighted by atomic mass is 16.2. The fourth-order valence-corrected chi connectivity index (χ4v) is 2.33. The summed E-state index contributed by atoms with van der Waals surface area (Å²) in [4.78, 5) is 34.5. The van der Waals surface area contributed by atoms with Crippen LogP contribution in [0.2, 0.25) is 0 Å². The molecule has 24 heavy (non-hydrogen) atoms. The van der Waals surface area contributed by atoms with Gasteiger partial charge in [0.05, 0.1) is 12.7 Å². The Kier molecular flexibility index (Phi) is 4.81. The number of carbonyl (C=O) groups is 2. The maximum atomic E-state index is 11.8. The number of nitrogens with one attached hydrogen (secondary N) is 3. The summed E-state index contributed by atoms with van der Waals surface area (Å²) >= 11 is 0. The van der Waals surface area contributed by atoms with E-state index in [0.717, 1.165) is 16.6 Å². The van der Waals surface area contributed by atoms with E-state index in [0.29, 0.717) is 13.0 Å². The second-order valence-corrected chi connectivity index (χ2v) is 5.26. The Morgan fingerprint density at radius 3 is 2.79 bits per heavy atom. The summed E-state index contributed by atoms with van der Waals surface area (Å²) in [5.74, 6) is -0.669. The van der Waals surface area contributed by atoms with E-state index in [4.69, 9.17) is 0 Å². The molecule has 0 spiro atoms. The summed E-state index contributed by atoms with van der Waals surface area (Å²) in [6, 6.07) is 10.1. The van der Waals surface area contributed by atoms with Crippen molar-refractivity contribution >= 4 is 22.7 Å². The van der Waals surface area contributed by atoms with Crippen molar-refractivity contribution in [2.45, 2.75) is 6.42 Å². The maximum Gasteiger partial charge on any atom is 0.271 e. The van der Waals surface area contributed by atoms with Gasteiger partial charge in [-0.1, -0.05) is 18.2 Å². The zero-order valence-corrected chi connectivity index (χ0v) is 13.0. The number of rotatable bonds is 6. The molecule has 2 heterocycles. The molecule has 122 valence electrons. The van der Waals surface area contributed by atoms with Gasteiger partial charge in [-0.25, -0.2) is 4.98 Å². The van der Waals surface area contributed by atoms with Crippen LogP contribution in [0.25, 0.3) is 10.9 Å². The highest BCUT2D eigenvalue weighted by Crippen LogP contribution is 2.14. The van der Waals surface area contributed by atoms with Crippen molar-refractivity contribution < 1.29 is 9.59 Å². The molecule has 0 atom stereocenters. The van der Waals surface area contributed by atoms with Gasteiger partial charge in [-0.3, -0.25) is 14.6 Å². The van der Waals surface area contributed by atoms with Crippen molar-refractivity contribution in [2.24, 2.45) is 0 Å². The molecule has 0 radical (unpaired) electrons. The Hall–Kier alpha value is -3.22. The minimum absolute atomic E-state index is 0.0951. The molecule has 0 fully saturated rings. The predicted molar refractivity (Wildman–Crippen MR) is 89.4 cm³/mol. The lowest BCUT2D eigenvalue weighted by atomic mass is 10.2. The summed E-state index contributed by atoms with van der Waals surface area (Å²) < 4.78 is 0. The smallest absolute Gasteiger partial charge is 0.271 e. The first-order valence-electron chi connectivity index (χ1n) is 7.60. The molecule has 0 saturated carbocycles.